The molecule has 0 aliphatic heterocycles. The molecule has 29 heavy (non-hydrogen) atoms. The maximum absolute atomic E-state index is 5.87. The van der Waals surface area contributed by atoms with Gasteiger partial charge in [0.2, 0.25) is 0 Å². The van der Waals surface area contributed by atoms with E-state index < -0.39 is 8.24 Å². The molecule has 1 aromatic carbocycles. The van der Waals surface area contributed by atoms with Crippen molar-refractivity contribution < 1.29 is 4.74 Å². The number of hydrogen-bond acceptors (Lipinski definition) is 2. The fourth-order valence-corrected chi connectivity index (χ4v) is 9.75. The molecule has 1 aromatic rings. The molecule has 0 radical (unpaired) electrons. The van der Waals surface area contributed by atoms with Gasteiger partial charge in [-0.3, -0.25) is 0 Å². The zero-order valence-electron chi connectivity index (χ0n) is 20.5. The topological polar surface area (TPSA) is 21.3 Å². The number of allylic oxidation sites excluding steroid dienone is 2. The van der Waals surface area contributed by atoms with Gasteiger partial charge in [-0.1, -0.05) is 50.1 Å². The van der Waals surface area contributed by atoms with Crippen molar-refractivity contribution >= 4 is 13.8 Å². The fourth-order valence-electron chi connectivity index (χ4n) is 4.92. The van der Waals surface area contributed by atoms with Crippen molar-refractivity contribution in [3.05, 3.63) is 41.0 Å². The lowest BCUT2D eigenvalue weighted by atomic mass is 10.0. The molecule has 2 nitrogen and oxygen atoms in total. The number of aryl methyl sites for hydroxylation is 1. The van der Waals surface area contributed by atoms with Crippen molar-refractivity contribution in [3.8, 4) is 0 Å². The normalized spacial score (nSPS) is 19.1. The van der Waals surface area contributed by atoms with Gasteiger partial charge >= 0.3 is 0 Å². The quantitative estimate of drug-likeness (QED) is 0.336. The molecule has 0 spiro atoms. The third-order valence-corrected chi connectivity index (χ3v) is 10.5. The summed E-state index contributed by atoms with van der Waals surface area (Å²) in [4.78, 5) is 4.15. The van der Waals surface area contributed by atoms with Gasteiger partial charge in [0.25, 0.3) is 0 Å². The summed E-state index contributed by atoms with van der Waals surface area (Å²) in [6.07, 6.45) is 7.63. The van der Waals surface area contributed by atoms with E-state index in [-0.39, 0.29) is 11.1 Å². The highest BCUT2D eigenvalue weighted by molar-refractivity contribution is 6.78. The van der Waals surface area contributed by atoms with E-state index in [1.807, 2.05) is 0 Å². The van der Waals surface area contributed by atoms with Crippen LogP contribution in [0.15, 0.2) is 24.3 Å². The molecule has 0 amide bonds. The van der Waals surface area contributed by atoms with Gasteiger partial charge < -0.3 is 9.72 Å². The molecule has 2 unspecified atom stereocenters. The first-order valence-corrected chi connectivity index (χ1v) is 14.3. The summed E-state index contributed by atoms with van der Waals surface area (Å²) in [6, 6.07) is 8.20. The van der Waals surface area contributed by atoms with Crippen molar-refractivity contribution in [3.63, 3.8) is 0 Å². The van der Waals surface area contributed by atoms with Crippen molar-refractivity contribution in [2.45, 2.75) is 110 Å². The predicted molar refractivity (Wildman–Crippen MR) is 131 cm³/mol. The van der Waals surface area contributed by atoms with Gasteiger partial charge in [0.1, 0.15) is 8.24 Å². The van der Waals surface area contributed by atoms with E-state index in [2.05, 4.69) is 91.2 Å². The fraction of sp³-hybridized carbons (Fsp3) is 0.692. The Labute approximate surface area is 181 Å². The first-order chi connectivity index (χ1) is 13.3. The number of ether oxygens (including phenoxy) is 1. The number of fused-ring (bicyclic) bond motifs is 1. The zero-order valence-corrected chi connectivity index (χ0v) is 21.5. The molecule has 0 fully saturated rings. The lowest BCUT2D eigenvalue weighted by Gasteiger charge is -2.40. The minimum Gasteiger partial charge on any atom is -0.376 e. The summed E-state index contributed by atoms with van der Waals surface area (Å²) in [6.45, 7) is 21.4. The van der Waals surface area contributed by atoms with E-state index in [0.717, 1.165) is 6.61 Å². The van der Waals surface area contributed by atoms with Gasteiger partial charge in [-0.05, 0) is 90.1 Å². The Morgan fingerprint density at radius 2 is 1.62 bits per heavy atom. The largest absolute Gasteiger partial charge is 0.376 e. The highest BCUT2D eigenvalue weighted by Crippen LogP contribution is 2.43. The maximum Gasteiger partial charge on any atom is 0.134 e. The van der Waals surface area contributed by atoms with Crippen molar-refractivity contribution in [2.24, 2.45) is 0 Å². The SMILES string of the molecule is CC1=CC([Si](C)(CCCCCCOC(C)(C)C)NC(C)(C)C)c2cccc(C)c21. The summed E-state index contributed by atoms with van der Waals surface area (Å²) in [5.41, 5.74) is 6.66. The van der Waals surface area contributed by atoms with E-state index in [1.165, 1.54) is 48.4 Å². The third kappa shape index (κ3) is 7.08. The van der Waals surface area contributed by atoms with Crippen LogP contribution < -0.4 is 4.98 Å². The predicted octanol–water partition coefficient (Wildman–Crippen LogP) is 7.37. The van der Waals surface area contributed by atoms with E-state index in [4.69, 9.17) is 4.74 Å². The molecule has 0 saturated heterocycles. The Hall–Kier alpha value is -0.903. The standard InChI is InChI=1S/C26H45NOSi/c1-20-15-14-16-22-23(19-21(2)24(20)22)29(9,27-25(3,4)5)18-13-11-10-12-17-28-26(6,7)8/h14-16,19,23,27H,10-13,17-18H2,1-9H3. The van der Waals surface area contributed by atoms with Crippen molar-refractivity contribution in [1.29, 1.82) is 0 Å². The van der Waals surface area contributed by atoms with Gasteiger partial charge in [0.15, 0.2) is 0 Å². The molecule has 164 valence electrons. The summed E-state index contributed by atoms with van der Waals surface area (Å²) >= 11 is 0. The Morgan fingerprint density at radius 3 is 2.24 bits per heavy atom. The monoisotopic (exact) mass is 415 g/mol. The average Bonchev–Trinajstić information content (AvgIpc) is 2.90. The maximum atomic E-state index is 5.87. The first-order valence-electron chi connectivity index (χ1n) is 11.5. The van der Waals surface area contributed by atoms with Gasteiger partial charge in [0, 0.05) is 17.7 Å². The molecule has 2 atom stereocenters. The summed E-state index contributed by atoms with van der Waals surface area (Å²) < 4.78 is 5.87. The van der Waals surface area contributed by atoms with Crippen LogP contribution in [-0.4, -0.2) is 26.0 Å². The number of hydrogen-bond donors (Lipinski definition) is 1. The lowest BCUT2D eigenvalue weighted by Crippen LogP contribution is -2.59. The van der Waals surface area contributed by atoms with Gasteiger partial charge in [-0.25, -0.2) is 0 Å². The van der Waals surface area contributed by atoms with E-state index in [9.17, 15) is 0 Å². The molecular weight excluding hydrogens is 370 g/mol. The van der Waals surface area contributed by atoms with Crippen molar-refractivity contribution in [2.75, 3.05) is 6.61 Å². The van der Waals surface area contributed by atoms with Crippen LogP contribution in [0.1, 0.15) is 96.4 Å². The van der Waals surface area contributed by atoms with Crippen LogP contribution in [0.2, 0.25) is 12.6 Å². The first kappa shape index (κ1) is 24.4. The van der Waals surface area contributed by atoms with Crippen LogP contribution in [-0.2, 0) is 4.74 Å². The highest BCUT2D eigenvalue weighted by atomic mass is 28.3. The van der Waals surface area contributed by atoms with Crippen LogP contribution in [0.5, 0.6) is 0 Å². The second-order valence-corrected chi connectivity index (χ2v) is 15.5. The molecule has 0 bridgehead atoms. The Kier molecular flexibility index (Phi) is 7.97. The summed E-state index contributed by atoms with van der Waals surface area (Å²) in [7, 11) is -1.72. The van der Waals surface area contributed by atoms with Gasteiger partial charge in [-0.15, -0.1) is 0 Å². The van der Waals surface area contributed by atoms with Crippen LogP contribution in [0.25, 0.3) is 5.57 Å². The van der Waals surface area contributed by atoms with E-state index in [0.29, 0.717) is 5.54 Å². The zero-order chi connectivity index (χ0) is 21.9. The summed E-state index contributed by atoms with van der Waals surface area (Å²) in [5, 5.41) is 0. The molecule has 0 aromatic heterocycles. The number of benzene rings is 1. The molecule has 3 heteroatoms. The molecule has 0 saturated carbocycles. The summed E-state index contributed by atoms with van der Waals surface area (Å²) in [5.74, 6) is 0. The van der Waals surface area contributed by atoms with Crippen LogP contribution in [0, 0.1) is 6.92 Å². The Bertz CT molecular complexity index is 710. The average molecular weight is 416 g/mol. The van der Waals surface area contributed by atoms with Crippen molar-refractivity contribution in [1.82, 2.24) is 4.98 Å². The second-order valence-electron chi connectivity index (χ2n) is 11.3. The molecular formula is C26H45NOSi. The molecule has 1 N–H and O–H groups in total. The number of unbranched alkanes of at least 4 members (excludes halogenated alkanes) is 3. The third-order valence-electron chi connectivity index (χ3n) is 5.92. The van der Waals surface area contributed by atoms with E-state index in [1.54, 1.807) is 5.56 Å². The van der Waals surface area contributed by atoms with Gasteiger partial charge in [0.05, 0.1) is 5.60 Å². The van der Waals surface area contributed by atoms with Crippen LogP contribution in [0.3, 0.4) is 0 Å². The minimum absolute atomic E-state index is 0.0136. The Balaban J connectivity index is 2.04. The minimum atomic E-state index is -1.72. The number of rotatable bonds is 9. The number of nitrogens with one attached hydrogen (secondary N) is 1. The Morgan fingerprint density at radius 1 is 0.966 bits per heavy atom. The molecule has 2 rings (SSSR count). The molecule has 0 heterocycles. The highest BCUT2D eigenvalue weighted by Gasteiger charge is 2.42. The van der Waals surface area contributed by atoms with Gasteiger partial charge in [-0.2, -0.15) is 0 Å². The lowest BCUT2D eigenvalue weighted by molar-refractivity contribution is -0.00471. The van der Waals surface area contributed by atoms with E-state index >= 15 is 0 Å². The van der Waals surface area contributed by atoms with Crippen LogP contribution >= 0.6 is 0 Å². The van der Waals surface area contributed by atoms with Crippen LogP contribution in [0.4, 0.5) is 0 Å². The second kappa shape index (κ2) is 9.49. The molecule has 1 aliphatic rings. The smallest absolute Gasteiger partial charge is 0.134 e. The molecule has 1 aliphatic carbocycles.